The molecule has 0 spiro atoms. The van der Waals surface area contributed by atoms with Gasteiger partial charge in [-0.15, -0.1) is 0 Å². The molecule has 0 saturated carbocycles. The first-order valence-electron chi connectivity index (χ1n) is 6.39. The fraction of sp³-hybridized carbons (Fsp3) is 0.429. The van der Waals surface area contributed by atoms with Gasteiger partial charge >= 0.3 is 5.97 Å². The van der Waals surface area contributed by atoms with Crippen LogP contribution in [0.3, 0.4) is 0 Å². The fourth-order valence-electron chi connectivity index (χ4n) is 2.28. The topological polar surface area (TPSA) is 66.8 Å². The minimum atomic E-state index is -0.916. The molecular weight excluding hydrogens is 326 g/mol. The summed E-state index contributed by atoms with van der Waals surface area (Å²) in [5, 5.41) is 8.89. The van der Waals surface area contributed by atoms with Crippen LogP contribution in [-0.2, 0) is 20.7 Å². The molecule has 0 aliphatic carbocycles. The molecule has 1 aromatic carbocycles. The lowest BCUT2D eigenvalue weighted by Crippen LogP contribution is -2.50. The number of hydrogen-bond donors (Lipinski definition) is 1. The summed E-state index contributed by atoms with van der Waals surface area (Å²) in [7, 11) is 0. The minimum absolute atomic E-state index is 0.0577. The van der Waals surface area contributed by atoms with Crippen LogP contribution in [0, 0.1) is 0 Å². The van der Waals surface area contributed by atoms with Crippen LogP contribution in [0.25, 0.3) is 0 Å². The molecule has 0 aromatic heterocycles. The average Bonchev–Trinajstić information content (AvgIpc) is 2.38. The lowest BCUT2D eigenvalue weighted by Gasteiger charge is -2.35. The second-order valence-corrected chi connectivity index (χ2v) is 5.64. The van der Waals surface area contributed by atoms with Crippen molar-refractivity contribution in [2.75, 3.05) is 19.8 Å². The van der Waals surface area contributed by atoms with E-state index in [0.29, 0.717) is 13.2 Å². The lowest BCUT2D eigenvalue weighted by atomic mass is 10.1. The van der Waals surface area contributed by atoms with Crippen molar-refractivity contribution in [1.29, 1.82) is 0 Å². The van der Waals surface area contributed by atoms with Crippen molar-refractivity contribution in [1.82, 2.24) is 4.90 Å². The third kappa shape index (κ3) is 4.05. The molecule has 1 aromatic rings. The number of rotatable bonds is 4. The van der Waals surface area contributed by atoms with Crippen LogP contribution >= 0.6 is 15.9 Å². The molecule has 1 saturated heterocycles. The molecule has 108 valence electrons. The van der Waals surface area contributed by atoms with E-state index in [1.54, 1.807) is 4.90 Å². The molecule has 1 atom stereocenters. The predicted molar refractivity (Wildman–Crippen MR) is 76.4 cm³/mol. The fourth-order valence-corrected chi connectivity index (χ4v) is 2.72. The summed E-state index contributed by atoms with van der Waals surface area (Å²) in [5.74, 6) is -0.974. The van der Waals surface area contributed by atoms with Crippen molar-refractivity contribution in [3.63, 3.8) is 0 Å². The van der Waals surface area contributed by atoms with E-state index in [2.05, 4.69) is 15.9 Å². The van der Waals surface area contributed by atoms with Crippen LogP contribution in [0.15, 0.2) is 28.7 Å². The van der Waals surface area contributed by atoms with Crippen LogP contribution in [-0.4, -0.2) is 47.7 Å². The van der Waals surface area contributed by atoms with E-state index < -0.39 is 5.97 Å². The standard InChI is InChI=1S/C14H16BrNO4/c15-11-3-1-2-10(6-11)7-13(17)16-4-5-20-9-12(16)8-14(18)19/h1-3,6,12H,4-5,7-9H2,(H,18,19). The van der Waals surface area contributed by atoms with Gasteiger partial charge in [-0.2, -0.15) is 0 Å². The van der Waals surface area contributed by atoms with Crippen LogP contribution in [0.2, 0.25) is 0 Å². The first-order valence-corrected chi connectivity index (χ1v) is 7.19. The molecule has 1 N–H and O–H groups in total. The number of carboxylic acids is 1. The highest BCUT2D eigenvalue weighted by atomic mass is 79.9. The quantitative estimate of drug-likeness (QED) is 0.904. The third-order valence-electron chi connectivity index (χ3n) is 3.20. The van der Waals surface area contributed by atoms with E-state index in [9.17, 15) is 9.59 Å². The molecule has 0 bridgehead atoms. The van der Waals surface area contributed by atoms with Crippen LogP contribution in [0.5, 0.6) is 0 Å². The zero-order valence-electron chi connectivity index (χ0n) is 10.9. The van der Waals surface area contributed by atoms with Crippen molar-refractivity contribution < 1.29 is 19.4 Å². The number of aliphatic carboxylic acids is 1. The summed E-state index contributed by atoms with van der Waals surface area (Å²) in [6.45, 7) is 1.20. The first-order chi connectivity index (χ1) is 9.56. The maximum atomic E-state index is 12.3. The van der Waals surface area contributed by atoms with Crippen LogP contribution in [0.1, 0.15) is 12.0 Å². The molecule has 1 amide bonds. The highest BCUT2D eigenvalue weighted by molar-refractivity contribution is 9.10. The highest BCUT2D eigenvalue weighted by Gasteiger charge is 2.28. The van der Waals surface area contributed by atoms with Crippen molar-refractivity contribution in [3.05, 3.63) is 34.3 Å². The molecule has 1 fully saturated rings. The SMILES string of the molecule is O=C(O)CC1COCCN1C(=O)Cc1cccc(Br)c1. The maximum absolute atomic E-state index is 12.3. The van der Waals surface area contributed by atoms with E-state index in [4.69, 9.17) is 9.84 Å². The number of nitrogens with zero attached hydrogens (tertiary/aromatic N) is 1. The largest absolute Gasteiger partial charge is 0.481 e. The molecule has 2 rings (SSSR count). The zero-order chi connectivity index (χ0) is 14.5. The molecule has 20 heavy (non-hydrogen) atoms. The van der Waals surface area contributed by atoms with Crippen LogP contribution < -0.4 is 0 Å². The normalized spacial score (nSPS) is 18.9. The Morgan fingerprint density at radius 3 is 2.95 bits per heavy atom. The van der Waals surface area contributed by atoms with Gasteiger partial charge in [0.2, 0.25) is 5.91 Å². The minimum Gasteiger partial charge on any atom is -0.481 e. The summed E-state index contributed by atoms with van der Waals surface area (Å²) in [6, 6.07) is 7.18. The van der Waals surface area contributed by atoms with E-state index in [1.165, 1.54) is 0 Å². The number of ether oxygens (including phenoxy) is 1. The summed E-state index contributed by atoms with van der Waals surface area (Å²) in [6.07, 6.45) is 0.194. The molecular formula is C14H16BrNO4. The van der Waals surface area contributed by atoms with E-state index >= 15 is 0 Å². The van der Waals surface area contributed by atoms with Gasteiger partial charge in [0.05, 0.1) is 32.1 Å². The Morgan fingerprint density at radius 2 is 2.25 bits per heavy atom. The number of morpholine rings is 1. The number of benzene rings is 1. The summed E-state index contributed by atoms with van der Waals surface area (Å²) >= 11 is 3.37. The van der Waals surface area contributed by atoms with Crippen LogP contribution in [0.4, 0.5) is 0 Å². The van der Waals surface area contributed by atoms with Gasteiger partial charge in [0.15, 0.2) is 0 Å². The van der Waals surface area contributed by atoms with Gasteiger partial charge in [0.25, 0.3) is 0 Å². The maximum Gasteiger partial charge on any atom is 0.305 e. The Bertz CT molecular complexity index is 506. The lowest BCUT2D eigenvalue weighted by molar-refractivity contribution is -0.145. The number of carboxylic acid groups (broad SMARTS) is 1. The average molecular weight is 342 g/mol. The van der Waals surface area contributed by atoms with Crippen molar-refractivity contribution in [3.8, 4) is 0 Å². The second-order valence-electron chi connectivity index (χ2n) is 4.72. The number of hydrogen-bond acceptors (Lipinski definition) is 3. The Balaban J connectivity index is 2.04. The predicted octanol–water partition coefficient (Wildman–Crippen LogP) is 1.69. The van der Waals surface area contributed by atoms with Gasteiger partial charge in [-0.3, -0.25) is 9.59 Å². The summed E-state index contributed by atoms with van der Waals surface area (Å²) in [5.41, 5.74) is 0.907. The zero-order valence-corrected chi connectivity index (χ0v) is 12.5. The number of carbonyl (C=O) groups is 2. The molecule has 1 heterocycles. The van der Waals surface area contributed by atoms with Crippen molar-refractivity contribution >= 4 is 27.8 Å². The van der Waals surface area contributed by atoms with Gasteiger partial charge < -0.3 is 14.7 Å². The number of amides is 1. The summed E-state index contributed by atoms with van der Waals surface area (Å²) < 4.78 is 6.19. The van der Waals surface area contributed by atoms with Crippen molar-refractivity contribution in [2.45, 2.75) is 18.9 Å². The monoisotopic (exact) mass is 341 g/mol. The summed E-state index contributed by atoms with van der Waals surface area (Å²) in [4.78, 5) is 24.8. The van der Waals surface area contributed by atoms with Gasteiger partial charge in [-0.05, 0) is 17.7 Å². The Labute approximate surface area is 125 Å². The molecule has 1 unspecified atom stereocenters. The first kappa shape index (κ1) is 15.0. The molecule has 1 aliphatic rings. The molecule has 6 heteroatoms. The van der Waals surface area contributed by atoms with Crippen molar-refractivity contribution in [2.24, 2.45) is 0 Å². The number of carbonyl (C=O) groups excluding carboxylic acids is 1. The van der Waals surface area contributed by atoms with Gasteiger partial charge in [-0.25, -0.2) is 0 Å². The Kier molecular flexibility index (Phi) is 5.14. The third-order valence-corrected chi connectivity index (χ3v) is 3.70. The highest BCUT2D eigenvalue weighted by Crippen LogP contribution is 2.16. The van der Waals surface area contributed by atoms with Gasteiger partial charge in [0.1, 0.15) is 0 Å². The van der Waals surface area contributed by atoms with E-state index in [1.807, 2.05) is 24.3 Å². The Morgan fingerprint density at radius 1 is 1.45 bits per heavy atom. The molecule has 5 nitrogen and oxygen atoms in total. The van der Waals surface area contributed by atoms with Gasteiger partial charge in [-0.1, -0.05) is 28.1 Å². The smallest absolute Gasteiger partial charge is 0.305 e. The molecule has 0 radical (unpaired) electrons. The van der Waals surface area contributed by atoms with Gasteiger partial charge in [0, 0.05) is 11.0 Å². The second kappa shape index (κ2) is 6.85. The molecule has 1 aliphatic heterocycles. The Hall–Kier alpha value is -1.40. The van der Waals surface area contributed by atoms with E-state index in [0.717, 1.165) is 10.0 Å². The van der Waals surface area contributed by atoms with E-state index in [-0.39, 0.29) is 31.4 Å². The number of halogens is 1.